The minimum atomic E-state index is -0.694. The zero-order valence-electron chi connectivity index (χ0n) is 13.3. The van der Waals surface area contributed by atoms with Crippen LogP contribution in [-0.4, -0.2) is 25.7 Å². The molecule has 0 aromatic carbocycles. The number of nitrogens with one attached hydrogen (secondary N) is 3. The van der Waals surface area contributed by atoms with Crippen molar-refractivity contribution in [2.45, 2.75) is 17.7 Å². The van der Waals surface area contributed by atoms with Crippen molar-refractivity contribution in [2.24, 2.45) is 10.4 Å². The molecule has 0 bridgehead atoms. The molecule has 0 radical (unpaired) electrons. The van der Waals surface area contributed by atoms with Gasteiger partial charge in [0.1, 0.15) is 16.4 Å². The van der Waals surface area contributed by atoms with E-state index in [-0.39, 0.29) is 16.3 Å². The van der Waals surface area contributed by atoms with Crippen molar-refractivity contribution in [3.8, 4) is 0 Å². The Labute approximate surface area is 162 Å². The van der Waals surface area contributed by atoms with Gasteiger partial charge in [-0.25, -0.2) is 5.43 Å². The van der Waals surface area contributed by atoms with Gasteiger partial charge in [-0.15, -0.1) is 28.0 Å². The minimum absolute atomic E-state index is 0.0535. The van der Waals surface area contributed by atoms with Crippen LogP contribution in [0, 0.1) is 10.4 Å². The molecule has 3 atom stereocenters. The average molecular weight is 425 g/mol. The summed E-state index contributed by atoms with van der Waals surface area (Å²) < 4.78 is 7.36. The highest BCUT2D eigenvalue weighted by Crippen LogP contribution is 2.42. The SMILES string of the molecule is N=NNc1nc2c(sc(=O)n2[C@H]2CS[C@@H](C(N=O)c3cccs3)O2)c(=O)[nH]1. The van der Waals surface area contributed by atoms with E-state index in [1.165, 1.54) is 27.7 Å². The molecule has 4 rings (SSSR count). The highest BCUT2D eigenvalue weighted by Gasteiger charge is 2.37. The number of thiazole rings is 1. The minimum Gasteiger partial charge on any atom is -0.340 e. The van der Waals surface area contributed by atoms with Gasteiger partial charge in [0.05, 0.1) is 0 Å². The Morgan fingerprint density at radius 3 is 3.04 bits per heavy atom. The summed E-state index contributed by atoms with van der Waals surface area (Å²) in [6.07, 6.45) is -0.694. The van der Waals surface area contributed by atoms with Crippen LogP contribution in [0.5, 0.6) is 0 Å². The number of anilines is 1. The van der Waals surface area contributed by atoms with E-state index in [9.17, 15) is 14.5 Å². The van der Waals surface area contributed by atoms with Crippen molar-refractivity contribution in [3.05, 3.63) is 47.3 Å². The van der Waals surface area contributed by atoms with Crippen LogP contribution in [0.15, 0.2) is 37.5 Å². The predicted molar refractivity (Wildman–Crippen MR) is 102 cm³/mol. The molecule has 11 nitrogen and oxygen atoms in total. The Hall–Kier alpha value is -2.42. The van der Waals surface area contributed by atoms with Crippen molar-refractivity contribution in [1.82, 2.24) is 14.5 Å². The van der Waals surface area contributed by atoms with E-state index >= 15 is 0 Å². The number of H-pyrrole nitrogens is 1. The van der Waals surface area contributed by atoms with Crippen LogP contribution in [0.1, 0.15) is 17.1 Å². The Balaban J connectivity index is 1.70. The number of nitrogens with zero attached hydrogens (tertiary/aromatic N) is 4. The number of aromatic amines is 1. The van der Waals surface area contributed by atoms with Gasteiger partial charge in [0.2, 0.25) is 5.95 Å². The molecule has 140 valence electrons. The third kappa shape index (κ3) is 3.20. The highest BCUT2D eigenvalue weighted by molar-refractivity contribution is 8.00. The smallest absolute Gasteiger partial charge is 0.311 e. The number of hydrogen-bond donors (Lipinski definition) is 3. The number of thioether (sulfide) groups is 1. The van der Waals surface area contributed by atoms with Gasteiger partial charge >= 0.3 is 4.87 Å². The molecule has 0 saturated carbocycles. The number of thiophene rings is 1. The average Bonchev–Trinajstić information content (AvgIpc) is 3.37. The zero-order valence-corrected chi connectivity index (χ0v) is 15.8. The van der Waals surface area contributed by atoms with E-state index < -0.39 is 28.1 Å². The van der Waals surface area contributed by atoms with Crippen LogP contribution in [-0.2, 0) is 4.74 Å². The lowest BCUT2D eigenvalue weighted by Gasteiger charge is -2.16. The first-order chi connectivity index (χ1) is 13.1. The number of ether oxygens (including phenoxy) is 1. The van der Waals surface area contributed by atoms with Crippen LogP contribution in [0.3, 0.4) is 0 Å². The lowest BCUT2D eigenvalue weighted by molar-refractivity contribution is 0.0104. The highest BCUT2D eigenvalue weighted by atomic mass is 32.2. The van der Waals surface area contributed by atoms with Crippen molar-refractivity contribution in [1.29, 1.82) is 5.53 Å². The van der Waals surface area contributed by atoms with Crippen LogP contribution < -0.4 is 15.9 Å². The van der Waals surface area contributed by atoms with E-state index in [1.54, 1.807) is 0 Å². The second-order valence-electron chi connectivity index (χ2n) is 5.39. The predicted octanol–water partition coefficient (Wildman–Crippen LogP) is 2.66. The molecular formula is C13H11N7O4S3. The van der Waals surface area contributed by atoms with Gasteiger partial charge in [-0.2, -0.15) is 10.5 Å². The van der Waals surface area contributed by atoms with Crippen LogP contribution in [0.2, 0.25) is 0 Å². The number of rotatable bonds is 6. The standard InChI is InChI=1S/C13H11N7O4S3/c14-19-17-12-15-9-8(10(21)16-12)27-13(22)20(9)6-4-26-11(24-6)7(18-23)5-2-1-3-25-5/h1-3,6-7,11H,4H2,(H3,14,15,16,17,21)/t6-,7?,11+/m1/s1. The lowest BCUT2D eigenvalue weighted by Crippen LogP contribution is -2.23. The molecule has 14 heteroatoms. The molecule has 0 amide bonds. The maximum absolute atomic E-state index is 12.5. The summed E-state index contributed by atoms with van der Waals surface area (Å²) >= 11 is 3.54. The molecule has 4 heterocycles. The molecule has 3 aromatic heterocycles. The fourth-order valence-corrected chi connectivity index (χ4v) is 5.58. The first-order valence-electron chi connectivity index (χ1n) is 7.53. The zero-order chi connectivity index (χ0) is 19.0. The third-order valence-corrected chi connectivity index (χ3v) is 6.88. The Bertz CT molecular complexity index is 1110. The summed E-state index contributed by atoms with van der Waals surface area (Å²) in [5.74, 6) is 0.343. The van der Waals surface area contributed by atoms with Gasteiger partial charge in [0.25, 0.3) is 5.56 Å². The van der Waals surface area contributed by atoms with Gasteiger partial charge in [0, 0.05) is 10.6 Å². The quantitative estimate of drug-likeness (QED) is 0.311. The largest absolute Gasteiger partial charge is 0.340 e. The fourth-order valence-electron chi connectivity index (χ4n) is 2.70. The van der Waals surface area contributed by atoms with Gasteiger partial charge in [0.15, 0.2) is 11.7 Å². The van der Waals surface area contributed by atoms with Crippen molar-refractivity contribution in [2.75, 3.05) is 11.2 Å². The summed E-state index contributed by atoms with van der Waals surface area (Å²) in [5.41, 5.74) is 8.14. The molecule has 1 aliphatic heterocycles. The summed E-state index contributed by atoms with van der Waals surface area (Å²) in [6.45, 7) is 0. The third-order valence-electron chi connectivity index (χ3n) is 3.82. The molecular weight excluding hydrogens is 414 g/mol. The second kappa shape index (κ2) is 7.30. The molecule has 0 spiro atoms. The van der Waals surface area contributed by atoms with E-state index in [0.29, 0.717) is 5.75 Å². The first kappa shape index (κ1) is 18.0. The Morgan fingerprint density at radius 1 is 1.48 bits per heavy atom. The van der Waals surface area contributed by atoms with Gasteiger partial charge in [-0.05, 0) is 11.4 Å². The van der Waals surface area contributed by atoms with Gasteiger partial charge in [-0.3, -0.25) is 19.1 Å². The van der Waals surface area contributed by atoms with E-state index in [0.717, 1.165) is 16.2 Å². The van der Waals surface area contributed by atoms with Crippen LogP contribution >= 0.6 is 34.4 Å². The van der Waals surface area contributed by atoms with E-state index in [2.05, 4.69) is 25.8 Å². The summed E-state index contributed by atoms with van der Waals surface area (Å²) in [6, 6.07) is 2.95. The summed E-state index contributed by atoms with van der Waals surface area (Å²) in [5, 5.41) is 8.00. The van der Waals surface area contributed by atoms with E-state index in [1.807, 2.05) is 17.5 Å². The van der Waals surface area contributed by atoms with E-state index in [4.69, 9.17) is 10.3 Å². The normalized spacial score (nSPS) is 20.6. The monoisotopic (exact) mass is 425 g/mol. The van der Waals surface area contributed by atoms with Crippen molar-refractivity contribution < 1.29 is 4.74 Å². The van der Waals surface area contributed by atoms with Crippen molar-refractivity contribution >= 4 is 50.7 Å². The van der Waals surface area contributed by atoms with Crippen LogP contribution in [0.4, 0.5) is 5.95 Å². The fraction of sp³-hybridized carbons (Fsp3) is 0.308. The first-order valence-corrected chi connectivity index (χ1v) is 10.3. The molecule has 0 aliphatic carbocycles. The molecule has 1 fully saturated rings. The molecule has 1 saturated heterocycles. The molecule has 3 N–H and O–H groups in total. The molecule has 1 aliphatic rings. The number of aromatic nitrogens is 3. The number of nitroso groups, excluding NO2 is 1. The Kier molecular flexibility index (Phi) is 4.86. The van der Waals surface area contributed by atoms with Gasteiger partial charge in [-0.1, -0.05) is 27.8 Å². The maximum Gasteiger partial charge on any atom is 0.311 e. The molecule has 27 heavy (non-hydrogen) atoms. The maximum atomic E-state index is 12.5. The topological polar surface area (TPSA) is 155 Å². The number of fused-ring (bicyclic) bond motifs is 1. The molecule has 1 unspecified atom stereocenters. The summed E-state index contributed by atoms with van der Waals surface area (Å²) in [4.78, 5) is 42.9. The van der Waals surface area contributed by atoms with Crippen LogP contribution in [0.25, 0.3) is 10.3 Å². The lowest BCUT2D eigenvalue weighted by atomic mass is 10.3. The second-order valence-corrected chi connectivity index (χ2v) is 8.46. The summed E-state index contributed by atoms with van der Waals surface area (Å²) in [7, 11) is 0. The Morgan fingerprint density at radius 2 is 2.33 bits per heavy atom. The van der Waals surface area contributed by atoms with Crippen molar-refractivity contribution in [3.63, 3.8) is 0 Å². The molecule has 3 aromatic rings. The van der Waals surface area contributed by atoms with Gasteiger partial charge < -0.3 is 4.74 Å². The number of hydrogen-bond acceptors (Lipinski definition) is 11.